The molecule has 2 N–H and O–H groups in total. The highest BCUT2D eigenvalue weighted by Crippen LogP contribution is 2.42. The third-order valence-electron chi connectivity index (χ3n) is 4.05. The summed E-state index contributed by atoms with van der Waals surface area (Å²) in [5.74, 6) is 0.680. The lowest BCUT2D eigenvalue weighted by Crippen LogP contribution is -2.37. The fourth-order valence-electron chi connectivity index (χ4n) is 3.26. The molecule has 1 aliphatic carbocycles. The molecule has 1 aromatic rings. The number of aromatic nitrogens is 1. The Bertz CT molecular complexity index is 562. The van der Waals surface area contributed by atoms with E-state index in [0.717, 1.165) is 24.7 Å². The van der Waals surface area contributed by atoms with Gasteiger partial charge < -0.3 is 5.73 Å². The number of nitrogens with zero attached hydrogens (tertiary/aromatic N) is 1. The maximum absolute atomic E-state index is 11.3. The number of nitrogen functional groups attached to an aromatic ring is 1. The smallest absolute Gasteiger partial charge is 0.264 e. The SMILES string of the molecule is C[C@@H]1C[C@H](c2ccncc2N)C[C@H](C)[C@@H]1OS(C)(=O)=O. The van der Waals surface area contributed by atoms with Crippen molar-refractivity contribution in [2.24, 2.45) is 11.8 Å². The van der Waals surface area contributed by atoms with Crippen LogP contribution < -0.4 is 5.73 Å². The van der Waals surface area contributed by atoms with E-state index in [1.54, 1.807) is 12.4 Å². The average molecular weight is 298 g/mol. The first-order valence-corrected chi connectivity index (χ1v) is 8.67. The standard InChI is InChI=1S/C14H22N2O3S/c1-9-6-11(12-4-5-16-8-13(12)15)7-10(2)14(9)19-20(3,17)18/h4-5,8-11,14H,6-7,15H2,1-3H3/t9-,10+,11+,14-. The van der Waals surface area contributed by atoms with E-state index in [-0.39, 0.29) is 17.9 Å². The summed E-state index contributed by atoms with van der Waals surface area (Å²) in [6.45, 7) is 4.08. The number of anilines is 1. The van der Waals surface area contributed by atoms with Crippen molar-refractivity contribution in [3.63, 3.8) is 0 Å². The molecule has 0 radical (unpaired) electrons. The van der Waals surface area contributed by atoms with Crippen molar-refractivity contribution in [2.75, 3.05) is 12.0 Å². The van der Waals surface area contributed by atoms with Gasteiger partial charge >= 0.3 is 0 Å². The lowest BCUT2D eigenvalue weighted by atomic mass is 9.72. The van der Waals surface area contributed by atoms with Crippen molar-refractivity contribution in [3.05, 3.63) is 24.0 Å². The van der Waals surface area contributed by atoms with E-state index in [1.165, 1.54) is 0 Å². The predicted molar refractivity (Wildman–Crippen MR) is 78.7 cm³/mol. The van der Waals surface area contributed by atoms with Crippen LogP contribution in [0.15, 0.2) is 18.5 Å². The lowest BCUT2D eigenvalue weighted by Gasteiger charge is -2.38. The fraction of sp³-hybridized carbons (Fsp3) is 0.643. The molecule has 0 aromatic carbocycles. The molecule has 0 amide bonds. The summed E-state index contributed by atoms with van der Waals surface area (Å²) in [4.78, 5) is 4.01. The molecule has 6 heteroatoms. The monoisotopic (exact) mass is 298 g/mol. The van der Waals surface area contributed by atoms with Gasteiger partial charge in [0, 0.05) is 6.20 Å². The van der Waals surface area contributed by atoms with Crippen LogP contribution in [0, 0.1) is 11.8 Å². The first kappa shape index (κ1) is 15.3. The molecule has 0 bridgehead atoms. The van der Waals surface area contributed by atoms with Crippen LogP contribution in [-0.2, 0) is 14.3 Å². The molecular formula is C14H22N2O3S. The molecule has 0 spiro atoms. The molecule has 0 aliphatic heterocycles. The van der Waals surface area contributed by atoms with Gasteiger partial charge in [-0.2, -0.15) is 8.42 Å². The van der Waals surface area contributed by atoms with E-state index in [1.807, 2.05) is 19.9 Å². The summed E-state index contributed by atoms with van der Waals surface area (Å²) in [5, 5.41) is 0. The Balaban J connectivity index is 2.16. The van der Waals surface area contributed by atoms with Gasteiger partial charge in [0.15, 0.2) is 0 Å². The van der Waals surface area contributed by atoms with E-state index in [4.69, 9.17) is 9.92 Å². The number of pyridine rings is 1. The number of hydrogen-bond donors (Lipinski definition) is 1. The Morgan fingerprint density at radius 3 is 2.40 bits per heavy atom. The van der Waals surface area contributed by atoms with E-state index in [2.05, 4.69) is 4.98 Å². The molecule has 112 valence electrons. The second-order valence-electron chi connectivity index (χ2n) is 5.89. The van der Waals surface area contributed by atoms with Crippen molar-refractivity contribution in [2.45, 2.75) is 38.7 Å². The van der Waals surface area contributed by atoms with E-state index < -0.39 is 10.1 Å². The molecule has 0 saturated heterocycles. The fourth-order valence-corrected chi connectivity index (χ4v) is 4.04. The van der Waals surface area contributed by atoms with Gasteiger partial charge in [-0.05, 0) is 42.2 Å². The van der Waals surface area contributed by atoms with Crippen LogP contribution in [0.25, 0.3) is 0 Å². The maximum Gasteiger partial charge on any atom is 0.264 e. The van der Waals surface area contributed by atoms with Crippen LogP contribution in [0.5, 0.6) is 0 Å². The van der Waals surface area contributed by atoms with Crippen molar-refractivity contribution >= 4 is 15.8 Å². The van der Waals surface area contributed by atoms with Crippen molar-refractivity contribution in [3.8, 4) is 0 Å². The van der Waals surface area contributed by atoms with Crippen LogP contribution in [0.3, 0.4) is 0 Å². The molecule has 1 aliphatic rings. The van der Waals surface area contributed by atoms with Crippen LogP contribution in [0.4, 0.5) is 5.69 Å². The zero-order valence-electron chi connectivity index (χ0n) is 12.1. The first-order chi connectivity index (χ1) is 9.28. The minimum absolute atomic E-state index is 0.172. The largest absolute Gasteiger partial charge is 0.397 e. The van der Waals surface area contributed by atoms with Crippen LogP contribution in [-0.4, -0.2) is 25.8 Å². The van der Waals surface area contributed by atoms with Gasteiger partial charge in [-0.15, -0.1) is 0 Å². The highest BCUT2D eigenvalue weighted by atomic mass is 32.2. The molecular weight excluding hydrogens is 276 g/mol. The summed E-state index contributed by atoms with van der Waals surface area (Å²) in [7, 11) is -3.41. The Morgan fingerprint density at radius 2 is 1.90 bits per heavy atom. The molecule has 1 saturated carbocycles. The van der Waals surface area contributed by atoms with Gasteiger partial charge in [0.25, 0.3) is 10.1 Å². The summed E-state index contributed by atoms with van der Waals surface area (Å²) >= 11 is 0. The third kappa shape index (κ3) is 3.49. The lowest BCUT2D eigenvalue weighted by molar-refractivity contribution is 0.0526. The van der Waals surface area contributed by atoms with Crippen molar-refractivity contribution in [1.82, 2.24) is 4.98 Å². The van der Waals surface area contributed by atoms with Gasteiger partial charge in [-0.3, -0.25) is 9.17 Å². The van der Waals surface area contributed by atoms with Gasteiger partial charge in [-0.1, -0.05) is 13.8 Å². The summed E-state index contributed by atoms with van der Waals surface area (Å²) < 4.78 is 27.9. The van der Waals surface area contributed by atoms with E-state index in [9.17, 15) is 8.42 Å². The average Bonchev–Trinajstić information content (AvgIpc) is 2.33. The van der Waals surface area contributed by atoms with E-state index in [0.29, 0.717) is 11.6 Å². The zero-order chi connectivity index (χ0) is 14.9. The zero-order valence-corrected chi connectivity index (χ0v) is 12.9. The summed E-state index contributed by atoms with van der Waals surface area (Å²) in [5.41, 5.74) is 7.80. The van der Waals surface area contributed by atoms with Crippen LogP contribution >= 0.6 is 0 Å². The minimum Gasteiger partial charge on any atom is -0.397 e. The molecule has 1 heterocycles. The van der Waals surface area contributed by atoms with Crippen molar-refractivity contribution in [1.29, 1.82) is 0 Å². The summed E-state index contributed by atoms with van der Waals surface area (Å²) in [6, 6.07) is 1.96. The minimum atomic E-state index is -3.41. The van der Waals surface area contributed by atoms with Gasteiger partial charge in [0.05, 0.1) is 24.2 Å². The number of nitrogens with two attached hydrogens (primary N) is 1. The maximum atomic E-state index is 11.3. The van der Waals surface area contributed by atoms with E-state index >= 15 is 0 Å². The normalized spacial score (nSPS) is 31.1. The highest BCUT2D eigenvalue weighted by Gasteiger charge is 2.36. The Labute approximate surface area is 120 Å². The molecule has 2 rings (SSSR count). The predicted octanol–water partition coefficient (Wildman–Crippen LogP) is 2.16. The van der Waals surface area contributed by atoms with Gasteiger partial charge in [0.1, 0.15) is 0 Å². The molecule has 1 aromatic heterocycles. The third-order valence-corrected chi connectivity index (χ3v) is 4.62. The molecule has 0 unspecified atom stereocenters. The Hall–Kier alpha value is -1.14. The van der Waals surface area contributed by atoms with Gasteiger partial charge in [0.2, 0.25) is 0 Å². The second kappa shape index (κ2) is 5.69. The highest BCUT2D eigenvalue weighted by molar-refractivity contribution is 7.86. The van der Waals surface area contributed by atoms with Crippen LogP contribution in [0.2, 0.25) is 0 Å². The number of rotatable bonds is 3. The van der Waals surface area contributed by atoms with Crippen LogP contribution in [0.1, 0.15) is 38.2 Å². The molecule has 4 atom stereocenters. The Kier molecular flexibility index (Phi) is 4.34. The van der Waals surface area contributed by atoms with Crippen molar-refractivity contribution < 1.29 is 12.6 Å². The Morgan fingerprint density at radius 1 is 1.30 bits per heavy atom. The quantitative estimate of drug-likeness (QED) is 0.865. The topological polar surface area (TPSA) is 82.3 Å². The first-order valence-electron chi connectivity index (χ1n) is 6.85. The molecule has 20 heavy (non-hydrogen) atoms. The van der Waals surface area contributed by atoms with Gasteiger partial charge in [-0.25, -0.2) is 0 Å². The molecule has 1 fully saturated rings. The molecule has 5 nitrogen and oxygen atoms in total. The number of hydrogen-bond acceptors (Lipinski definition) is 5. The second-order valence-corrected chi connectivity index (χ2v) is 7.49. The summed E-state index contributed by atoms with van der Waals surface area (Å²) in [6.07, 6.45) is 6.03.